The van der Waals surface area contributed by atoms with Crippen LogP contribution in [-0.2, 0) is 9.53 Å². The zero-order chi connectivity index (χ0) is 14.2. The van der Waals surface area contributed by atoms with Crippen LogP contribution < -0.4 is 5.11 Å². The van der Waals surface area contributed by atoms with Crippen molar-refractivity contribution in [1.29, 1.82) is 0 Å². The Kier molecular flexibility index (Phi) is 3.74. The van der Waals surface area contributed by atoms with E-state index in [1.165, 1.54) is 4.90 Å². The molecule has 1 heterocycles. The molecule has 108 valence electrons. The van der Waals surface area contributed by atoms with E-state index in [-0.39, 0.29) is 12.0 Å². The molecule has 5 nitrogen and oxygen atoms in total. The first kappa shape index (κ1) is 14.2. The fourth-order valence-electron chi connectivity index (χ4n) is 3.25. The van der Waals surface area contributed by atoms with E-state index in [4.69, 9.17) is 4.74 Å². The zero-order valence-electron chi connectivity index (χ0n) is 11.8. The number of rotatable bonds is 1. The van der Waals surface area contributed by atoms with Crippen molar-refractivity contribution in [1.82, 2.24) is 4.90 Å². The molecule has 1 saturated heterocycles. The average Bonchev–Trinajstić information content (AvgIpc) is 2.65. The fraction of sp³-hybridized carbons (Fsp3) is 0.857. The molecule has 0 aromatic carbocycles. The third-order valence-electron chi connectivity index (χ3n) is 3.96. The molecule has 2 fully saturated rings. The third kappa shape index (κ3) is 3.01. The quantitative estimate of drug-likeness (QED) is 0.719. The van der Waals surface area contributed by atoms with Crippen molar-refractivity contribution in [2.45, 2.75) is 70.6 Å². The van der Waals surface area contributed by atoms with Gasteiger partial charge in [-0.25, -0.2) is 4.79 Å². The number of likely N-dealkylation sites (tertiary alicyclic amines) is 1. The van der Waals surface area contributed by atoms with Gasteiger partial charge >= 0.3 is 6.09 Å². The fourth-order valence-corrected chi connectivity index (χ4v) is 3.25. The smallest absolute Gasteiger partial charge is 0.411 e. The number of ether oxygens (including phenoxy) is 1. The van der Waals surface area contributed by atoms with Gasteiger partial charge < -0.3 is 14.6 Å². The number of carbonyl (C=O) groups is 2. The molecule has 0 aromatic heterocycles. The number of fused-ring (bicyclic) bond motifs is 1. The summed E-state index contributed by atoms with van der Waals surface area (Å²) in [5, 5.41) is 11.3. The molecule has 0 bridgehead atoms. The van der Waals surface area contributed by atoms with Crippen LogP contribution >= 0.6 is 0 Å². The summed E-state index contributed by atoms with van der Waals surface area (Å²) in [5.41, 5.74) is -0.611. The highest BCUT2D eigenvalue weighted by Gasteiger charge is 2.46. The highest BCUT2D eigenvalue weighted by molar-refractivity contribution is 5.80. The minimum absolute atomic E-state index is 0.00602. The Hall–Kier alpha value is -1.26. The molecule has 1 saturated carbocycles. The molecule has 2 aliphatic rings. The van der Waals surface area contributed by atoms with Crippen LogP contribution in [0.1, 0.15) is 52.9 Å². The van der Waals surface area contributed by atoms with Gasteiger partial charge in [-0.1, -0.05) is 12.8 Å². The molecule has 0 aromatic rings. The van der Waals surface area contributed by atoms with E-state index in [9.17, 15) is 14.7 Å². The summed E-state index contributed by atoms with van der Waals surface area (Å²) >= 11 is 0. The topological polar surface area (TPSA) is 69.7 Å². The van der Waals surface area contributed by atoms with E-state index < -0.39 is 23.7 Å². The van der Waals surface area contributed by atoms with Crippen LogP contribution in [0.3, 0.4) is 0 Å². The van der Waals surface area contributed by atoms with E-state index in [0.717, 1.165) is 25.7 Å². The van der Waals surface area contributed by atoms with Gasteiger partial charge in [0.15, 0.2) is 0 Å². The van der Waals surface area contributed by atoms with Gasteiger partial charge in [0.05, 0.1) is 12.0 Å². The van der Waals surface area contributed by atoms with Crippen LogP contribution in [0.15, 0.2) is 0 Å². The summed E-state index contributed by atoms with van der Waals surface area (Å²) in [5.74, 6) is -0.885. The van der Waals surface area contributed by atoms with Gasteiger partial charge in [0.2, 0.25) is 0 Å². The van der Waals surface area contributed by atoms with Crippen molar-refractivity contribution in [3.63, 3.8) is 0 Å². The minimum Gasteiger partial charge on any atom is -0.548 e. The first-order valence-electron chi connectivity index (χ1n) is 7.02. The van der Waals surface area contributed by atoms with E-state index in [1.54, 1.807) is 20.8 Å². The average molecular weight is 268 g/mol. The Bertz CT molecular complexity index is 374. The number of amides is 1. The standard InChI is InChI=1S/C14H23NO4/c1-14(2,3)19-13(18)15-10-7-5-4-6-9(10)8-11(15)12(16)17/h9-11H,4-8H2,1-3H3,(H,16,17)/p-1/t9?,10?,11-/m1/s1. The van der Waals surface area contributed by atoms with Gasteiger partial charge in [-0.05, 0) is 46.0 Å². The molecule has 2 unspecified atom stereocenters. The Morgan fingerprint density at radius 2 is 1.84 bits per heavy atom. The molecular weight excluding hydrogens is 246 g/mol. The van der Waals surface area contributed by atoms with Crippen LogP contribution in [-0.4, -0.2) is 34.6 Å². The second-order valence-corrected chi connectivity index (χ2v) is 6.57. The largest absolute Gasteiger partial charge is 0.548 e. The van der Waals surface area contributed by atoms with Crippen molar-refractivity contribution in [3.8, 4) is 0 Å². The molecule has 2 rings (SSSR count). The molecule has 1 amide bonds. The Morgan fingerprint density at radius 3 is 2.42 bits per heavy atom. The molecule has 0 N–H and O–H groups in total. The number of carboxylic acid groups (broad SMARTS) is 1. The summed E-state index contributed by atoms with van der Waals surface area (Å²) < 4.78 is 5.35. The summed E-state index contributed by atoms with van der Waals surface area (Å²) in [6, 6.07) is -0.825. The summed E-state index contributed by atoms with van der Waals surface area (Å²) in [6.45, 7) is 5.36. The molecule has 3 atom stereocenters. The lowest BCUT2D eigenvalue weighted by molar-refractivity contribution is -0.310. The lowest BCUT2D eigenvalue weighted by atomic mass is 9.85. The molecule has 0 spiro atoms. The predicted octanol–water partition coefficient (Wildman–Crippen LogP) is 1.30. The highest BCUT2D eigenvalue weighted by Crippen LogP contribution is 2.40. The number of carbonyl (C=O) groups excluding carboxylic acids is 2. The summed E-state index contributed by atoms with van der Waals surface area (Å²) in [6.07, 6.45) is 4.01. The van der Waals surface area contributed by atoms with Crippen molar-refractivity contribution < 1.29 is 19.4 Å². The molecule has 5 heteroatoms. The van der Waals surface area contributed by atoms with Crippen LogP contribution in [0.5, 0.6) is 0 Å². The molecular formula is C14H22NO4-. The lowest BCUT2D eigenvalue weighted by Gasteiger charge is -2.35. The van der Waals surface area contributed by atoms with Gasteiger partial charge in [-0.15, -0.1) is 0 Å². The van der Waals surface area contributed by atoms with Gasteiger partial charge in [0, 0.05) is 6.04 Å². The SMILES string of the molecule is CC(C)(C)OC(=O)N1C2CCCCC2C[C@@H]1C(=O)[O-]. The maximum atomic E-state index is 12.2. The maximum Gasteiger partial charge on any atom is 0.411 e. The van der Waals surface area contributed by atoms with Gasteiger partial charge in [-0.3, -0.25) is 4.90 Å². The Balaban J connectivity index is 2.17. The van der Waals surface area contributed by atoms with E-state index >= 15 is 0 Å². The second-order valence-electron chi connectivity index (χ2n) is 6.57. The van der Waals surface area contributed by atoms with Gasteiger partial charge in [0.25, 0.3) is 0 Å². The maximum absolute atomic E-state index is 12.2. The van der Waals surface area contributed by atoms with Gasteiger partial charge in [0.1, 0.15) is 5.60 Å². The number of nitrogens with zero attached hydrogens (tertiary/aromatic N) is 1. The highest BCUT2D eigenvalue weighted by atomic mass is 16.6. The van der Waals surface area contributed by atoms with E-state index in [1.807, 2.05) is 0 Å². The van der Waals surface area contributed by atoms with E-state index in [0.29, 0.717) is 6.42 Å². The first-order chi connectivity index (χ1) is 8.79. The summed E-state index contributed by atoms with van der Waals surface area (Å²) in [7, 11) is 0. The van der Waals surface area contributed by atoms with Crippen molar-refractivity contribution in [2.75, 3.05) is 0 Å². The number of aliphatic carboxylic acids is 1. The van der Waals surface area contributed by atoms with Crippen molar-refractivity contribution in [2.24, 2.45) is 5.92 Å². The molecule has 19 heavy (non-hydrogen) atoms. The number of carboxylic acids is 1. The second kappa shape index (κ2) is 5.02. The zero-order valence-corrected chi connectivity index (χ0v) is 11.8. The Morgan fingerprint density at radius 1 is 1.21 bits per heavy atom. The normalized spacial score (nSPS) is 30.9. The van der Waals surface area contributed by atoms with E-state index in [2.05, 4.69) is 0 Å². The van der Waals surface area contributed by atoms with Gasteiger partial charge in [-0.2, -0.15) is 0 Å². The third-order valence-corrected chi connectivity index (χ3v) is 3.96. The monoisotopic (exact) mass is 268 g/mol. The van der Waals surface area contributed by atoms with Crippen LogP contribution in [0.25, 0.3) is 0 Å². The minimum atomic E-state index is -1.17. The molecule has 0 radical (unpaired) electrons. The van der Waals surface area contributed by atoms with Crippen LogP contribution in [0, 0.1) is 5.92 Å². The number of hydrogen-bond acceptors (Lipinski definition) is 4. The summed E-state index contributed by atoms with van der Waals surface area (Å²) in [4.78, 5) is 24.9. The van der Waals surface area contributed by atoms with Crippen molar-refractivity contribution in [3.05, 3.63) is 0 Å². The molecule has 1 aliphatic carbocycles. The van der Waals surface area contributed by atoms with Crippen LogP contribution in [0.2, 0.25) is 0 Å². The van der Waals surface area contributed by atoms with Crippen LogP contribution in [0.4, 0.5) is 4.79 Å². The number of hydrogen-bond donors (Lipinski definition) is 0. The Labute approximate surface area is 113 Å². The first-order valence-corrected chi connectivity index (χ1v) is 7.02. The molecule has 1 aliphatic heterocycles. The predicted molar refractivity (Wildman–Crippen MR) is 67.2 cm³/mol. The lowest BCUT2D eigenvalue weighted by Crippen LogP contribution is -2.51. The van der Waals surface area contributed by atoms with Crippen molar-refractivity contribution >= 4 is 12.1 Å².